The molecule has 0 unspecified atom stereocenters. The average Bonchev–Trinajstić information content (AvgIpc) is 3.06. The third kappa shape index (κ3) is 3.71. The molecule has 0 radical (unpaired) electrons. The SMILES string of the molecule is COc1cc(/C=C\C(=O)Oc2cc3c4c(c2)C(C)=CC(C)(C)N4C(=O)C3=O)cc(OC)c1OC. The number of Topliss-reactive ketones (excluding diaryl/α,β-unsaturated/α-hetero) is 1. The summed E-state index contributed by atoms with van der Waals surface area (Å²) in [5, 5.41) is 0. The van der Waals surface area contributed by atoms with Gasteiger partial charge in [-0.05, 0) is 62.2 Å². The highest BCUT2D eigenvalue weighted by Crippen LogP contribution is 2.47. The van der Waals surface area contributed by atoms with Crippen molar-refractivity contribution in [3.8, 4) is 23.0 Å². The summed E-state index contributed by atoms with van der Waals surface area (Å²) in [5.41, 5.74) is 2.38. The van der Waals surface area contributed by atoms with E-state index in [1.165, 1.54) is 38.4 Å². The van der Waals surface area contributed by atoms with Crippen LogP contribution in [0, 0.1) is 0 Å². The van der Waals surface area contributed by atoms with Crippen molar-refractivity contribution >= 4 is 35.0 Å². The van der Waals surface area contributed by atoms with E-state index >= 15 is 0 Å². The molecular formula is C26H25NO7. The Morgan fingerprint density at radius 2 is 1.56 bits per heavy atom. The monoisotopic (exact) mass is 463 g/mol. The lowest BCUT2D eigenvalue weighted by Crippen LogP contribution is -2.47. The average molecular weight is 463 g/mol. The number of allylic oxidation sites excluding steroid dienone is 1. The molecular weight excluding hydrogens is 438 g/mol. The van der Waals surface area contributed by atoms with Crippen molar-refractivity contribution < 1.29 is 33.3 Å². The van der Waals surface area contributed by atoms with Crippen LogP contribution in [0.25, 0.3) is 11.6 Å². The molecule has 0 N–H and O–H groups in total. The van der Waals surface area contributed by atoms with E-state index in [9.17, 15) is 14.4 Å². The minimum absolute atomic E-state index is 0.184. The Labute approximate surface area is 197 Å². The summed E-state index contributed by atoms with van der Waals surface area (Å²) in [6, 6.07) is 6.50. The fourth-order valence-electron chi connectivity index (χ4n) is 4.43. The maximum absolute atomic E-state index is 12.7. The summed E-state index contributed by atoms with van der Waals surface area (Å²) in [6.45, 7) is 5.65. The number of ketones is 1. The molecule has 4 rings (SSSR count). The van der Waals surface area contributed by atoms with E-state index in [1.54, 1.807) is 24.3 Å². The molecule has 0 spiro atoms. The number of benzene rings is 2. The van der Waals surface area contributed by atoms with Crippen LogP contribution < -0.4 is 23.8 Å². The van der Waals surface area contributed by atoms with Gasteiger partial charge in [0, 0.05) is 11.6 Å². The molecule has 8 heteroatoms. The molecule has 34 heavy (non-hydrogen) atoms. The van der Waals surface area contributed by atoms with Crippen LogP contribution in [0.4, 0.5) is 5.69 Å². The van der Waals surface area contributed by atoms with Crippen LogP contribution in [0.2, 0.25) is 0 Å². The molecule has 0 bridgehead atoms. The van der Waals surface area contributed by atoms with Gasteiger partial charge in [0.05, 0.1) is 38.1 Å². The largest absolute Gasteiger partial charge is 0.493 e. The van der Waals surface area contributed by atoms with Gasteiger partial charge in [0.15, 0.2) is 11.5 Å². The van der Waals surface area contributed by atoms with Gasteiger partial charge in [0.25, 0.3) is 11.7 Å². The third-order valence-electron chi connectivity index (χ3n) is 5.84. The minimum Gasteiger partial charge on any atom is -0.493 e. The number of carbonyl (C=O) groups excluding carboxylic acids is 3. The molecule has 2 heterocycles. The minimum atomic E-state index is -0.646. The first kappa shape index (κ1) is 23.1. The van der Waals surface area contributed by atoms with E-state index in [4.69, 9.17) is 18.9 Å². The number of anilines is 1. The lowest BCUT2D eigenvalue weighted by atomic mass is 9.89. The predicted molar refractivity (Wildman–Crippen MR) is 127 cm³/mol. The quantitative estimate of drug-likeness (QED) is 0.276. The zero-order valence-electron chi connectivity index (χ0n) is 19.8. The van der Waals surface area contributed by atoms with Gasteiger partial charge in [-0.25, -0.2) is 4.79 Å². The highest BCUT2D eigenvalue weighted by molar-refractivity contribution is 6.53. The molecule has 0 aromatic heterocycles. The van der Waals surface area contributed by atoms with Crippen LogP contribution in [0.15, 0.2) is 36.4 Å². The fraction of sp³-hybridized carbons (Fsp3) is 0.269. The van der Waals surface area contributed by atoms with E-state index in [-0.39, 0.29) is 11.3 Å². The number of esters is 1. The number of hydrogen-bond acceptors (Lipinski definition) is 7. The standard InChI is InChI=1S/C26H25NO7/c1-14-13-26(2,3)27-22-17(14)11-16(12-18(22)23(29)25(27)30)34-21(28)8-7-15-9-19(31-4)24(33-6)20(10-15)32-5/h7-13H,1-6H3/b8-7-. The van der Waals surface area contributed by atoms with Crippen molar-refractivity contribution in [1.29, 1.82) is 0 Å². The Bertz CT molecular complexity index is 1260. The molecule has 1 amide bonds. The van der Waals surface area contributed by atoms with E-state index in [1.807, 2.05) is 26.8 Å². The van der Waals surface area contributed by atoms with Gasteiger partial charge in [-0.1, -0.05) is 6.08 Å². The molecule has 0 atom stereocenters. The fourth-order valence-corrected chi connectivity index (χ4v) is 4.43. The van der Waals surface area contributed by atoms with Crippen molar-refractivity contribution in [2.75, 3.05) is 26.2 Å². The Morgan fingerprint density at radius 3 is 2.15 bits per heavy atom. The second-order valence-electron chi connectivity index (χ2n) is 8.53. The number of amides is 1. The number of carbonyl (C=O) groups is 3. The summed E-state index contributed by atoms with van der Waals surface area (Å²) in [4.78, 5) is 39.4. The predicted octanol–water partition coefficient (Wildman–Crippen LogP) is 4.06. The van der Waals surface area contributed by atoms with Crippen molar-refractivity contribution in [2.45, 2.75) is 26.3 Å². The van der Waals surface area contributed by atoms with Gasteiger partial charge in [-0.15, -0.1) is 0 Å². The summed E-state index contributed by atoms with van der Waals surface area (Å²) in [7, 11) is 4.51. The second kappa shape index (κ2) is 8.37. The Morgan fingerprint density at radius 1 is 0.941 bits per heavy atom. The zero-order valence-corrected chi connectivity index (χ0v) is 19.8. The summed E-state index contributed by atoms with van der Waals surface area (Å²) in [6.07, 6.45) is 4.73. The molecule has 8 nitrogen and oxygen atoms in total. The van der Waals surface area contributed by atoms with Gasteiger partial charge in [-0.2, -0.15) is 0 Å². The van der Waals surface area contributed by atoms with Crippen LogP contribution in [-0.2, 0) is 9.59 Å². The molecule has 2 aromatic carbocycles. The summed E-state index contributed by atoms with van der Waals surface area (Å²) < 4.78 is 21.4. The maximum atomic E-state index is 12.7. The summed E-state index contributed by atoms with van der Waals surface area (Å²) >= 11 is 0. The van der Waals surface area contributed by atoms with E-state index in [2.05, 4.69) is 0 Å². The number of nitrogens with zero attached hydrogens (tertiary/aromatic N) is 1. The first-order valence-electron chi connectivity index (χ1n) is 10.6. The lowest BCUT2D eigenvalue weighted by molar-refractivity contribution is -0.128. The van der Waals surface area contributed by atoms with Gasteiger partial charge in [-0.3, -0.25) is 14.5 Å². The molecule has 0 saturated carbocycles. The molecule has 2 aromatic rings. The van der Waals surface area contributed by atoms with Crippen LogP contribution >= 0.6 is 0 Å². The van der Waals surface area contributed by atoms with Crippen molar-refractivity contribution in [2.24, 2.45) is 0 Å². The highest BCUT2D eigenvalue weighted by Gasteiger charge is 2.47. The molecule has 2 aliphatic heterocycles. The van der Waals surface area contributed by atoms with E-state index in [0.717, 1.165) is 5.57 Å². The maximum Gasteiger partial charge on any atom is 0.336 e. The molecule has 0 aliphatic carbocycles. The highest BCUT2D eigenvalue weighted by atomic mass is 16.5. The Kier molecular flexibility index (Phi) is 5.69. The first-order valence-corrected chi connectivity index (χ1v) is 10.6. The number of rotatable bonds is 6. The topological polar surface area (TPSA) is 91.4 Å². The van der Waals surface area contributed by atoms with Crippen molar-refractivity contribution in [3.05, 3.63) is 53.1 Å². The van der Waals surface area contributed by atoms with E-state index < -0.39 is 23.2 Å². The molecule has 0 saturated heterocycles. The van der Waals surface area contributed by atoms with Crippen LogP contribution in [0.3, 0.4) is 0 Å². The number of methoxy groups -OCH3 is 3. The summed E-state index contributed by atoms with van der Waals surface area (Å²) in [5.74, 6) is -0.321. The Balaban J connectivity index is 1.63. The van der Waals surface area contributed by atoms with Crippen LogP contribution in [-0.4, -0.2) is 44.5 Å². The smallest absolute Gasteiger partial charge is 0.336 e. The second-order valence-corrected chi connectivity index (χ2v) is 8.53. The van der Waals surface area contributed by atoms with Crippen molar-refractivity contribution in [3.63, 3.8) is 0 Å². The van der Waals surface area contributed by atoms with Gasteiger partial charge < -0.3 is 18.9 Å². The van der Waals surface area contributed by atoms with Gasteiger partial charge in [0.2, 0.25) is 5.75 Å². The van der Waals surface area contributed by atoms with E-state index in [0.29, 0.717) is 34.1 Å². The first-order chi connectivity index (χ1) is 16.1. The third-order valence-corrected chi connectivity index (χ3v) is 5.84. The zero-order chi connectivity index (χ0) is 24.8. The number of hydrogen-bond donors (Lipinski definition) is 0. The van der Waals surface area contributed by atoms with Crippen molar-refractivity contribution in [1.82, 2.24) is 0 Å². The van der Waals surface area contributed by atoms with Gasteiger partial charge in [0.1, 0.15) is 5.75 Å². The number of ether oxygens (including phenoxy) is 4. The molecule has 0 fully saturated rings. The molecule has 2 aliphatic rings. The van der Waals surface area contributed by atoms with Crippen LogP contribution in [0.1, 0.15) is 42.3 Å². The normalized spacial score (nSPS) is 15.8. The Hall–Kier alpha value is -4.07. The lowest BCUT2D eigenvalue weighted by Gasteiger charge is -2.38. The van der Waals surface area contributed by atoms with Crippen LogP contribution in [0.5, 0.6) is 23.0 Å². The van der Waals surface area contributed by atoms with Gasteiger partial charge >= 0.3 is 5.97 Å². The molecule has 176 valence electrons.